The molecule has 1 N–H and O–H groups in total. The lowest BCUT2D eigenvalue weighted by molar-refractivity contribution is -0.118. The molecule has 2 aromatic carbocycles. The van der Waals surface area contributed by atoms with Crippen molar-refractivity contribution in [2.24, 2.45) is 5.10 Å². The van der Waals surface area contributed by atoms with Gasteiger partial charge in [0.05, 0.1) is 12.0 Å². The van der Waals surface area contributed by atoms with Gasteiger partial charge in [-0.3, -0.25) is 4.79 Å². The van der Waals surface area contributed by atoms with E-state index >= 15 is 0 Å². The van der Waals surface area contributed by atoms with Crippen LogP contribution in [0.4, 0.5) is 0 Å². The molecule has 0 unspecified atom stereocenters. The maximum Gasteiger partial charge on any atom is 0.250 e. The van der Waals surface area contributed by atoms with Crippen molar-refractivity contribution in [1.82, 2.24) is 5.43 Å². The molecule has 0 atom stereocenters. The van der Waals surface area contributed by atoms with Gasteiger partial charge in [0, 0.05) is 15.2 Å². The van der Waals surface area contributed by atoms with Crippen molar-refractivity contribution in [2.75, 3.05) is 5.75 Å². The molecular weight excluding hydrogens is 384 g/mol. The number of hydrogen-bond donors (Lipinski definition) is 1. The highest BCUT2D eigenvalue weighted by Crippen LogP contribution is 2.15. The summed E-state index contributed by atoms with van der Waals surface area (Å²) < 4.78 is 1.01. The standard InChI is InChI=1S/C16H14BrClN2OS/c17-14-5-1-12(2-6-14)9-19-20-16(21)11-22-10-13-3-7-15(18)8-4-13/h1-9H,10-11H2,(H,20,21)/b19-9-. The number of amides is 1. The SMILES string of the molecule is O=C(CSCc1ccc(Cl)cc1)N/N=C\c1ccc(Br)cc1. The van der Waals surface area contributed by atoms with Gasteiger partial charge in [0.25, 0.3) is 0 Å². The number of nitrogens with zero attached hydrogens (tertiary/aromatic N) is 1. The van der Waals surface area contributed by atoms with Gasteiger partial charge in [-0.15, -0.1) is 11.8 Å². The maximum atomic E-state index is 11.7. The Balaban J connectivity index is 1.69. The van der Waals surface area contributed by atoms with Crippen molar-refractivity contribution in [3.8, 4) is 0 Å². The summed E-state index contributed by atoms with van der Waals surface area (Å²) in [6, 6.07) is 15.3. The molecule has 0 saturated heterocycles. The molecule has 0 bridgehead atoms. The molecular formula is C16H14BrClN2OS. The lowest BCUT2D eigenvalue weighted by Gasteiger charge is -2.02. The quantitative estimate of drug-likeness (QED) is 0.576. The van der Waals surface area contributed by atoms with Crippen LogP contribution >= 0.6 is 39.3 Å². The van der Waals surface area contributed by atoms with E-state index in [1.165, 1.54) is 11.8 Å². The highest BCUT2D eigenvalue weighted by Gasteiger charge is 2.00. The predicted octanol–water partition coefficient (Wildman–Crippen LogP) is 4.49. The number of thioether (sulfide) groups is 1. The van der Waals surface area contributed by atoms with Crippen molar-refractivity contribution in [3.63, 3.8) is 0 Å². The number of hydrogen-bond acceptors (Lipinski definition) is 3. The summed E-state index contributed by atoms with van der Waals surface area (Å²) in [5.74, 6) is 1.01. The predicted molar refractivity (Wildman–Crippen MR) is 97.5 cm³/mol. The van der Waals surface area contributed by atoms with Crippen molar-refractivity contribution in [3.05, 3.63) is 69.2 Å². The van der Waals surface area contributed by atoms with Crippen LogP contribution in [0.15, 0.2) is 58.1 Å². The van der Waals surface area contributed by atoms with Gasteiger partial charge in [-0.25, -0.2) is 5.43 Å². The molecule has 0 aliphatic heterocycles. The van der Waals surface area contributed by atoms with Crippen LogP contribution in [0.2, 0.25) is 5.02 Å². The summed E-state index contributed by atoms with van der Waals surface area (Å²) in [6.07, 6.45) is 1.62. The smallest absolute Gasteiger partial charge is 0.250 e. The van der Waals surface area contributed by atoms with E-state index in [-0.39, 0.29) is 5.91 Å². The molecule has 0 aromatic heterocycles. The third-order valence-corrected chi connectivity index (χ3v) is 4.47. The van der Waals surface area contributed by atoms with Crippen LogP contribution in [0.5, 0.6) is 0 Å². The molecule has 0 aliphatic rings. The minimum atomic E-state index is -0.118. The second-order valence-corrected chi connectivity index (χ2v) is 6.80. The number of halogens is 2. The second-order valence-electron chi connectivity index (χ2n) is 4.46. The zero-order chi connectivity index (χ0) is 15.8. The van der Waals surface area contributed by atoms with Crippen LogP contribution in [0.25, 0.3) is 0 Å². The maximum absolute atomic E-state index is 11.7. The molecule has 0 aliphatic carbocycles. The van der Waals surface area contributed by atoms with E-state index in [9.17, 15) is 4.79 Å². The normalized spacial score (nSPS) is 10.8. The Morgan fingerprint density at radius 2 is 1.86 bits per heavy atom. The van der Waals surface area contributed by atoms with Gasteiger partial charge in [-0.2, -0.15) is 5.10 Å². The van der Waals surface area contributed by atoms with Crippen molar-refractivity contribution < 1.29 is 4.79 Å². The zero-order valence-corrected chi connectivity index (χ0v) is 14.8. The number of nitrogens with one attached hydrogen (secondary N) is 1. The van der Waals surface area contributed by atoms with E-state index < -0.39 is 0 Å². The fourth-order valence-corrected chi connectivity index (χ4v) is 2.77. The Hall–Kier alpha value is -1.30. The van der Waals surface area contributed by atoms with Gasteiger partial charge in [-0.05, 0) is 35.4 Å². The third kappa shape index (κ3) is 6.22. The van der Waals surface area contributed by atoms with E-state index in [1.807, 2.05) is 48.5 Å². The highest BCUT2D eigenvalue weighted by molar-refractivity contribution is 9.10. The molecule has 114 valence electrons. The minimum Gasteiger partial charge on any atom is -0.272 e. The summed E-state index contributed by atoms with van der Waals surface area (Å²) >= 11 is 10.7. The number of hydrazone groups is 1. The molecule has 1 amide bonds. The number of carbonyl (C=O) groups excluding carboxylic acids is 1. The molecule has 3 nitrogen and oxygen atoms in total. The van der Waals surface area contributed by atoms with Crippen molar-refractivity contribution in [1.29, 1.82) is 0 Å². The van der Waals surface area contributed by atoms with E-state index in [0.717, 1.165) is 21.4 Å². The Kier molecular flexibility index (Phi) is 6.96. The van der Waals surface area contributed by atoms with Gasteiger partial charge >= 0.3 is 0 Å². The Labute approximate surface area is 147 Å². The zero-order valence-electron chi connectivity index (χ0n) is 11.6. The van der Waals surface area contributed by atoms with Gasteiger partial charge in [0.1, 0.15) is 0 Å². The average molecular weight is 398 g/mol. The number of rotatable bonds is 6. The highest BCUT2D eigenvalue weighted by atomic mass is 79.9. The number of carbonyl (C=O) groups is 1. The fourth-order valence-electron chi connectivity index (χ4n) is 1.60. The average Bonchev–Trinajstić information content (AvgIpc) is 2.51. The molecule has 6 heteroatoms. The molecule has 2 rings (SSSR count). The monoisotopic (exact) mass is 396 g/mol. The second kappa shape index (κ2) is 8.98. The van der Waals surface area contributed by atoms with Crippen LogP contribution in [0.3, 0.4) is 0 Å². The van der Waals surface area contributed by atoms with Gasteiger partial charge in [-0.1, -0.05) is 51.8 Å². The van der Waals surface area contributed by atoms with Gasteiger partial charge in [0.2, 0.25) is 5.91 Å². The Bertz CT molecular complexity index is 644. The summed E-state index contributed by atoms with van der Waals surface area (Å²) in [7, 11) is 0. The van der Waals surface area contributed by atoms with E-state index in [2.05, 4.69) is 26.5 Å². The summed E-state index contributed by atoms with van der Waals surface area (Å²) in [6.45, 7) is 0. The lowest BCUT2D eigenvalue weighted by Crippen LogP contribution is -2.19. The molecule has 0 spiro atoms. The Morgan fingerprint density at radius 1 is 1.18 bits per heavy atom. The first kappa shape index (κ1) is 17.1. The largest absolute Gasteiger partial charge is 0.272 e. The summed E-state index contributed by atoms with van der Waals surface area (Å²) in [5, 5.41) is 4.65. The molecule has 22 heavy (non-hydrogen) atoms. The Morgan fingerprint density at radius 3 is 2.55 bits per heavy atom. The fraction of sp³-hybridized carbons (Fsp3) is 0.125. The van der Waals surface area contributed by atoms with Crippen LogP contribution in [0.1, 0.15) is 11.1 Å². The minimum absolute atomic E-state index is 0.118. The summed E-state index contributed by atoms with van der Waals surface area (Å²) in [5.41, 5.74) is 4.59. The third-order valence-electron chi connectivity index (χ3n) is 2.69. The first-order chi connectivity index (χ1) is 10.6. The van der Waals surface area contributed by atoms with E-state index in [0.29, 0.717) is 10.8 Å². The molecule has 0 fully saturated rings. The lowest BCUT2D eigenvalue weighted by atomic mass is 10.2. The number of benzene rings is 2. The van der Waals surface area contributed by atoms with Crippen molar-refractivity contribution in [2.45, 2.75) is 5.75 Å². The van der Waals surface area contributed by atoms with E-state index in [1.54, 1.807) is 6.21 Å². The van der Waals surface area contributed by atoms with E-state index in [4.69, 9.17) is 11.6 Å². The first-order valence-electron chi connectivity index (χ1n) is 6.53. The van der Waals surface area contributed by atoms with Crippen LogP contribution in [-0.4, -0.2) is 17.9 Å². The topological polar surface area (TPSA) is 41.5 Å². The van der Waals surface area contributed by atoms with Gasteiger partial charge < -0.3 is 0 Å². The summed E-state index contributed by atoms with van der Waals surface area (Å²) in [4.78, 5) is 11.7. The molecule has 0 saturated carbocycles. The van der Waals surface area contributed by atoms with Crippen LogP contribution in [0, 0.1) is 0 Å². The van der Waals surface area contributed by atoms with Crippen LogP contribution < -0.4 is 5.43 Å². The van der Waals surface area contributed by atoms with Gasteiger partial charge in [0.15, 0.2) is 0 Å². The molecule has 2 aromatic rings. The molecule has 0 heterocycles. The first-order valence-corrected chi connectivity index (χ1v) is 8.86. The van der Waals surface area contributed by atoms with Crippen LogP contribution in [-0.2, 0) is 10.5 Å². The van der Waals surface area contributed by atoms with Crippen molar-refractivity contribution >= 4 is 51.4 Å². The molecule has 0 radical (unpaired) electrons.